The maximum atomic E-state index is 10.4. The highest BCUT2D eigenvalue weighted by atomic mass is 16.5. The predicted molar refractivity (Wildman–Crippen MR) is 44.4 cm³/mol. The molecule has 1 rings (SSSR count). The monoisotopic (exact) mass is 185 g/mol. The van der Waals surface area contributed by atoms with Gasteiger partial charge in [0.2, 0.25) is 5.76 Å². The Balaban J connectivity index is 2.44. The molecule has 0 aliphatic carbocycles. The number of aromatic carboxylic acids is 1. The van der Waals surface area contributed by atoms with Crippen molar-refractivity contribution in [3.63, 3.8) is 0 Å². The lowest BCUT2D eigenvalue weighted by atomic mass is 10.4. The molecule has 5 nitrogen and oxygen atoms in total. The molecule has 0 aliphatic rings. The van der Waals surface area contributed by atoms with Gasteiger partial charge < -0.3 is 20.0 Å². The van der Waals surface area contributed by atoms with E-state index in [1.807, 2.05) is 0 Å². The summed E-state index contributed by atoms with van der Waals surface area (Å²) in [5, 5.41) is 8.52. The summed E-state index contributed by atoms with van der Waals surface area (Å²) in [5.74, 6) is -0.665. The minimum absolute atomic E-state index is 0.0775. The fraction of sp³-hybridized carbons (Fsp3) is 0.375. The van der Waals surface area contributed by atoms with E-state index in [1.54, 1.807) is 6.07 Å². The summed E-state index contributed by atoms with van der Waals surface area (Å²) >= 11 is 0. The summed E-state index contributed by atoms with van der Waals surface area (Å²) < 4.78 is 9.98. The van der Waals surface area contributed by atoms with E-state index in [-0.39, 0.29) is 12.4 Å². The van der Waals surface area contributed by atoms with Crippen LogP contribution in [0.4, 0.5) is 0 Å². The van der Waals surface area contributed by atoms with Crippen molar-refractivity contribution in [2.75, 3.05) is 13.2 Å². The molecular weight excluding hydrogens is 174 g/mol. The highest BCUT2D eigenvalue weighted by Gasteiger charge is 2.08. The van der Waals surface area contributed by atoms with Gasteiger partial charge in [-0.15, -0.1) is 0 Å². The fourth-order valence-electron chi connectivity index (χ4n) is 0.827. The van der Waals surface area contributed by atoms with Crippen molar-refractivity contribution in [2.24, 2.45) is 5.73 Å². The van der Waals surface area contributed by atoms with Crippen molar-refractivity contribution in [3.8, 4) is 0 Å². The zero-order valence-electron chi connectivity index (χ0n) is 7.03. The Bertz CT molecular complexity index is 281. The average molecular weight is 185 g/mol. The van der Waals surface area contributed by atoms with Crippen molar-refractivity contribution in [1.82, 2.24) is 0 Å². The first-order valence-electron chi connectivity index (χ1n) is 3.84. The summed E-state index contributed by atoms with van der Waals surface area (Å²) in [5.41, 5.74) is 5.20. The second-order valence-corrected chi connectivity index (χ2v) is 2.41. The Labute approximate surface area is 75.1 Å². The Morgan fingerprint density at radius 1 is 1.62 bits per heavy atom. The number of hydrogen-bond acceptors (Lipinski definition) is 4. The van der Waals surface area contributed by atoms with Gasteiger partial charge in [0.1, 0.15) is 12.4 Å². The van der Waals surface area contributed by atoms with E-state index in [2.05, 4.69) is 0 Å². The third-order valence-electron chi connectivity index (χ3n) is 1.38. The van der Waals surface area contributed by atoms with Gasteiger partial charge in [0.15, 0.2) is 0 Å². The van der Waals surface area contributed by atoms with Gasteiger partial charge in [-0.2, -0.15) is 0 Å². The molecule has 5 heteroatoms. The largest absolute Gasteiger partial charge is 0.475 e. The smallest absolute Gasteiger partial charge is 0.371 e. The molecule has 0 radical (unpaired) electrons. The molecule has 3 N–H and O–H groups in total. The lowest BCUT2D eigenvalue weighted by Crippen LogP contribution is -2.07. The first-order chi connectivity index (χ1) is 6.24. The molecular formula is C8H11NO4. The van der Waals surface area contributed by atoms with Crippen LogP contribution in [0.15, 0.2) is 16.5 Å². The second-order valence-electron chi connectivity index (χ2n) is 2.41. The van der Waals surface area contributed by atoms with E-state index in [9.17, 15) is 4.79 Å². The van der Waals surface area contributed by atoms with Crippen LogP contribution in [-0.4, -0.2) is 24.2 Å². The van der Waals surface area contributed by atoms with Crippen molar-refractivity contribution in [3.05, 3.63) is 23.7 Å². The van der Waals surface area contributed by atoms with Gasteiger partial charge in [-0.25, -0.2) is 4.79 Å². The van der Waals surface area contributed by atoms with Crippen LogP contribution in [0.3, 0.4) is 0 Å². The van der Waals surface area contributed by atoms with Crippen LogP contribution in [0, 0.1) is 0 Å². The van der Waals surface area contributed by atoms with Crippen molar-refractivity contribution in [1.29, 1.82) is 0 Å². The molecule has 0 spiro atoms. The van der Waals surface area contributed by atoms with Gasteiger partial charge in [-0.1, -0.05) is 0 Å². The number of carboxylic acid groups (broad SMARTS) is 1. The summed E-state index contributed by atoms with van der Waals surface area (Å²) in [7, 11) is 0. The number of carboxylic acids is 1. The summed E-state index contributed by atoms with van der Waals surface area (Å²) in [4.78, 5) is 10.4. The number of nitrogens with two attached hydrogens (primary N) is 1. The molecule has 1 aromatic heterocycles. The van der Waals surface area contributed by atoms with Crippen molar-refractivity contribution in [2.45, 2.75) is 6.61 Å². The van der Waals surface area contributed by atoms with E-state index >= 15 is 0 Å². The fourth-order valence-corrected chi connectivity index (χ4v) is 0.827. The number of carbonyl (C=O) groups is 1. The molecule has 0 saturated carbocycles. The van der Waals surface area contributed by atoms with Gasteiger partial charge in [0.25, 0.3) is 0 Å². The molecule has 0 unspecified atom stereocenters. The zero-order valence-corrected chi connectivity index (χ0v) is 7.03. The van der Waals surface area contributed by atoms with E-state index in [0.29, 0.717) is 18.9 Å². The Kier molecular flexibility index (Phi) is 3.48. The van der Waals surface area contributed by atoms with Crippen LogP contribution in [0.1, 0.15) is 16.3 Å². The van der Waals surface area contributed by atoms with Crippen molar-refractivity contribution < 1.29 is 19.1 Å². The SMILES string of the molecule is NCCOCc1ccc(C(=O)O)o1. The van der Waals surface area contributed by atoms with E-state index in [0.717, 1.165) is 0 Å². The number of ether oxygens (including phenoxy) is 1. The standard InChI is InChI=1S/C8H11NO4/c9-3-4-12-5-6-1-2-7(13-6)8(10)11/h1-2H,3-5,9H2,(H,10,11). The molecule has 0 fully saturated rings. The minimum atomic E-state index is -1.08. The van der Waals surface area contributed by atoms with Gasteiger partial charge in [0.05, 0.1) is 6.61 Å². The van der Waals surface area contributed by atoms with Crippen LogP contribution in [0.5, 0.6) is 0 Å². The number of furan rings is 1. The second kappa shape index (κ2) is 4.64. The molecule has 0 aliphatic heterocycles. The number of rotatable bonds is 5. The average Bonchev–Trinajstić information content (AvgIpc) is 2.53. The lowest BCUT2D eigenvalue weighted by molar-refractivity contribution is 0.0649. The minimum Gasteiger partial charge on any atom is -0.475 e. The van der Waals surface area contributed by atoms with E-state index in [1.165, 1.54) is 6.07 Å². The Hall–Kier alpha value is -1.33. The van der Waals surface area contributed by atoms with Crippen LogP contribution >= 0.6 is 0 Å². The predicted octanol–water partition coefficient (Wildman–Crippen LogP) is 0.453. The summed E-state index contributed by atoms with van der Waals surface area (Å²) in [6, 6.07) is 2.96. The molecule has 13 heavy (non-hydrogen) atoms. The molecule has 1 aromatic rings. The van der Waals surface area contributed by atoms with E-state index in [4.69, 9.17) is 20.0 Å². The quantitative estimate of drug-likeness (QED) is 0.650. The van der Waals surface area contributed by atoms with E-state index < -0.39 is 5.97 Å². The van der Waals surface area contributed by atoms with Gasteiger partial charge >= 0.3 is 5.97 Å². The van der Waals surface area contributed by atoms with Crippen LogP contribution in [0.25, 0.3) is 0 Å². The summed E-state index contributed by atoms with van der Waals surface area (Å²) in [6.45, 7) is 1.13. The highest BCUT2D eigenvalue weighted by Crippen LogP contribution is 2.08. The molecule has 0 atom stereocenters. The maximum absolute atomic E-state index is 10.4. The normalized spacial score (nSPS) is 10.2. The third kappa shape index (κ3) is 2.89. The van der Waals surface area contributed by atoms with Gasteiger partial charge in [-0.05, 0) is 12.1 Å². The molecule has 0 bridgehead atoms. The molecule has 72 valence electrons. The van der Waals surface area contributed by atoms with Crippen LogP contribution in [-0.2, 0) is 11.3 Å². The molecule has 1 heterocycles. The first-order valence-corrected chi connectivity index (χ1v) is 3.84. The summed E-state index contributed by atoms with van der Waals surface area (Å²) in [6.07, 6.45) is 0. The Morgan fingerprint density at radius 3 is 2.92 bits per heavy atom. The van der Waals surface area contributed by atoms with Crippen LogP contribution in [0.2, 0.25) is 0 Å². The molecule has 0 amide bonds. The van der Waals surface area contributed by atoms with Crippen LogP contribution < -0.4 is 5.73 Å². The van der Waals surface area contributed by atoms with Gasteiger partial charge in [0, 0.05) is 6.54 Å². The van der Waals surface area contributed by atoms with Gasteiger partial charge in [-0.3, -0.25) is 0 Å². The lowest BCUT2D eigenvalue weighted by Gasteiger charge is -1.97. The molecule has 0 aromatic carbocycles. The molecule has 0 saturated heterocycles. The number of hydrogen-bond donors (Lipinski definition) is 2. The highest BCUT2D eigenvalue weighted by molar-refractivity contribution is 5.84. The zero-order chi connectivity index (χ0) is 9.68. The Morgan fingerprint density at radius 2 is 2.38 bits per heavy atom. The first kappa shape index (κ1) is 9.76. The van der Waals surface area contributed by atoms with Crippen molar-refractivity contribution >= 4 is 5.97 Å². The topological polar surface area (TPSA) is 85.7 Å². The maximum Gasteiger partial charge on any atom is 0.371 e. The third-order valence-corrected chi connectivity index (χ3v) is 1.38.